The molecule has 0 radical (unpaired) electrons. The van der Waals surface area contributed by atoms with Crippen LogP contribution in [0.5, 0.6) is 11.5 Å². The summed E-state index contributed by atoms with van der Waals surface area (Å²) in [5, 5.41) is 3.47. The minimum Gasteiger partial charge on any atom is -0.449 e. The van der Waals surface area contributed by atoms with Crippen LogP contribution >= 0.6 is 0 Å². The highest BCUT2D eigenvalue weighted by molar-refractivity contribution is 6.05. The lowest BCUT2D eigenvalue weighted by Crippen LogP contribution is -2.34. The Balaban J connectivity index is 1.75. The molecule has 6 rings (SSSR count). The largest absolute Gasteiger partial charge is 0.449 e. The normalized spacial score (nSPS) is 16.1. The van der Waals surface area contributed by atoms with Crippen LogP contribution in [-0.4, -0.2) is 0 Å². The maximum Gasteiger partial charge on any atom is 0.257 e. The molecule has 1 fully saturated rings. The second-order valence-electron chi connectivity index (χ2n) is 8.71. The molecule has 0 N–H and O–H groups in total. The minimum atomic E-state index is 0.594. The van der Waals surface area contributed by atoms with Gasteiger partial charge in [0.1, 0.15) is 12.8 Å². The van der Waals surface area contributed by atoms with Gasteiger partial charge in [-0.3, -0.25) is 0 Å². The van der Waals surface area contributed by atoms with E-state index in [-0.39, 0.29) is 0 Å². The summed E-state index contributed by atoms with van der Waals surface area (Å²) < 4.78 is 17.7. The molecule has 0 bridgehead atoms. The molecule has 2 heterocycles. The molecule has 1 aliphatic heterocycles. The number of nitrogens with zero attached hydrogens (tertiary/aromatic N) is 1. The number of benzene rings is 3. The fourth-order valence-corrected chi connectivity index (χ4v) is 5.52. The van der Waals surface area contributed by atoms with E-state index in [2.05, 4.69) is 54.9 Å². The maximum absolute atomic E-state index is 8.73. The summed E-state index contributed by atoms with van der Waals surface area (Å²) in [6.45, 7) is 2.20. The van der Waals surface area contributed by atoms with Gasteiger partial charge in [-0.2, -0.15) is 4.57 Å². The molecule has 3 aromatic carbocycles. The fourth-order valence-electron chi connectivity index (χ4n) is 5.52. The van der Waals surface area contributed by atoms with Gasteiger partial charge in [0.2, 0.25) is 11.3 Å². The third-order valence-corrected chi connectivity index (χ3v) is 6.95. The zero-order valence-electron chi connectivity index (χ0n) is 18.1. The topological polar surface area (TPSA) is 13.1 Å². The predicted molar refractivity (Wildman–Crippen MR) is 119 cm³/mol. The molecule has 2 heteroatoms. The molecule has 1 saturated carbocycles. The number of rotatable bonds is 2. The van der Waals surface area contributed by atoms with Gasteiger partial charge < -0.3 is 4.74 Å². The first-order chi connectivity index (χ1) is 14.6. The van der Waals surface area contributed by atoms with Crippen molar-refractivity contribution in [2.45, 2.75) is 39.0 Å². The van der Waals surface area contributed by atoms with Crippen LogP contribution in [0.3, 0.4) is 0 Å². The van der Waals surface area contributed by atoms with Crippen molar-refractivity contribution >= 4 is 21.7 Å². The van der Waals surface area contributed by atoms with Gasteiger partial charge in [-0.05, 0) is 42.3 Å². The molecule has 2 nitrogen and oxygen atoms in total. The van der Waals surface area contributed by atoms with Crippen molar-refractivity contribution in [1.29, 1.82) is 0 Å². The molecule has 1 aromatic heterocycles. The number of aromatic nitrogens is 1. The summed E-state index contributed by atoms with van der Waals surface area (Å²) in [4.78, 5) is 0. The summed E-state index contributed by atoms with van der Waals surface area (Å²) in [5.41, 5.74) is 6.04. The van der Waals surface area contributed by atoms with Crippen molar-refractivity contribution in [2.24, 2.45) is 13.0 Å². The highest BCUT2D eigenvalue weighted by atomic mass is 16.5. The lowest BCUT2D eigenvalue weighted by Gasteiger charge is -2.24. The number of hydrogen-bond donors (Lipinski definition) is 0. The Hall–Kier alpha value is -2.87. The summed E-state index contributed by atoms with van der Waals surface area (Å²) >= 11 is 0. The number of hydrogen-bond acceptors (Lipinski definition) is 1. The van der Waals surface area contributed by atoms with Crippen molar-refractivity contribution in [3.8, 4) is 22.8 Å². The van der Waals surface area contributed by atoms with Gasteiger partial charge in [0.15, 0.2) is 0 Å². The second kappa shape index (κ2) is 6.32. The molecule has 2 aliphatic rings. The quantitative estimate of drug-likeness (QED) is 0.313. The van der Waals surface area contributed by atoms with E-state index in [0.29, 0.717) is 12.0 Å². The standard InChI is InChI=1S/C27H26NO/c1-17-14-15-19-10-7-13-23-25(19)24(17)26-27(29-23)21(16-18-8-3-4-9-18)20-11-5-6-12-22(20)28(26)2/h5-7,10-15,18H,3-4,8-9,16H2,1-2H3/q+1/i11D. The highest BCUT2D eigenvalue weighted by Gasteiger charge is 2.34. The summed E-state index contributed by atoms with van der Waals surface area (Å²) in [5.74, 6) is 2.58. The third-order valence-electron chi connectivity index (χ3n) is 6.95. The van der Waals surface area contributed by atoms with Gasteiger partial charge in [-0.15, -0.1) is 0 Å². The first kappa shape index (κ1) is 16.0. The summed E-state index contributed by atoms with van der Waals surface area (Å²) in [7, 11) is 2.12. The average molecular weight is 382 g/mol. The first-order valence-electron chi connectivity index (χ1n) is 11.3. The van der Waals surface area contributed by atoms with Crippen molar-refractivity contribution < 1.29 is 10.7 Å². The monoisotopic (exact) mass is 381 g/mol. The van der Waals surface area contributed by atoms with Crippen molar-refractivity contribution in [2.75, 3.05) is 0 Å². The number of ether oxygens (including phenoxy) is 1. The SMILES string of the molecule is [2H]c1cccc2c1c(CC1CCCC1)c1c([n+]2C)-c2c(C)ccc3cccc(c23)O1. The van der Waals surface area contributed by atoms with Gasteiger partial charge in [0.05, 0.1) is 12.3 Å². The zero-order valence-corrected chi connectivity index (χ0v) is 17.1. The number of aryl methyl sites for hydroxylation is 2. The van der Waals surface area contributed by atoms with Gasteiger partial charge in [0, 0.05) is 17.0 Å². The molecule has 0 unspecified atom stereocenters. The van der Waals surface area contributed by atoms with Crippen LogP contribution in [0.1, 0.15) is 38.2 Å². The molecule has 0 spiro atoms. The van der Waals surface area contributed by atoms with Crippen LogP contribution in [0.2, 0.25) is 0 Å². The van der Waals surface area contributed by atoms with E-state index in [1.54, 1.807) is 0 Å². The highest BCUT2D eigenvalue weighted by Crippen LogP contribution is 2.49. The molecule has 29 heavy (non-hydrogen) atoms. The van der Waals surface area contributed by atoms with E-state index >= 15 is 0 Å². The van der Waals surface area contributed by atoms with Gasteiger partial charge in [-0.25, -0.2) is 0 Å². The Labute approximate surface area is 173 Å². The van der Waals surface area contributed by atoms with Crippen LogP contribution in [-0.2, 0) is 13.5 Å². The summed E-state index contributed by atoms with van der Waals surface area (Å²) in [6.07, 6.45) is 6.19. The third kappa shape index (κ3) is 2.45. The maximum atomic E-state index is 8.73. The van der Waals surface area contributed by atoms with Crippen LogP contribution in [0, 0.1) is 12.8 Å². The van der Waals surface area contributed by atoms with E-state index in [4.69, 9.17) is 6.11 Å². The molecule has 0 saturated heterocycles. The summed E-state index contributed by atoms with van der Waals surface area (Å²) in [6, 6.07) is 17.4. The number of pyridine rings is 1. The number of para-hydroxylation sites is 1. The van der Waals surface area contributed by atoms with E-state index in [1.165, 1.54) is 53.1 Å². The van der Waals surface area contributed by atoms with Crippen molar-refractivity contribution in [1.82, 2.24) is 0 Å². The smallest absolute Gasteiger partial charge is 0.257 e. The predicted octanol–water partition coefficient (Wildman–Crippen LogP) is 6.63. The molecule has 1 aliphatic carbocycles. The lowest BCUT2D eigenvalue weighted by atomic mass is 9.88. The molecule has 0 amide bonds. The molecule has 4 aromatic rings. The van der Waals surface area contributed by atoms with Crippen LogP contribution in [0.4, 0.5) is 0 Å². The Kier molecular flexibility index (Phi) is 3.48. The Morgan fingerprint density at radius 1 is 1.07 bits per heavy atom. The zero-order chi connectivity index (χ0) is 20.4. The van der Waals surface area contributed by atoms with E-state index in [1.807, 2.05) is 12.1 Å². The Morgan fingerprint density at radius 3 is 2.79 bits per heavy atom. The second-order valence-corrected chi connectivity index (χ2v) is 8.71. The van der Waals surface area contributed by atoms with Crippen molar-refractivity contribution in [3.05, 3.63) is 65.7 Å². The average Bonchev–Trinajstić information content (AvgIpc) is 3.26. The Morgan fingerprint density at radius 2 is 1.93 bits per heavy atom. The van der Waals surface area contributed by atoms with Crippen LogP contribution < -0.4 is 9.30 Å². The van der Waals surface area contributed by atoms with Crippen LogP contribution in [0.25, 0.3) is 32.9 Å². The van der Waals surface area contributed by atoms with E-state index in [9.17, 15) is 0 Å². The van der Waals surface area contributed by atoms with Crippen molar-refractivity contribution in [3.63, 3.8) is 0 Å². The first-order valence-corrected chi connectivity index (χ1v) is 10.8. The van der Waals surface area contributed by atoms with Gasteiger partial charge in [0.25, 0.3) is 5.69 Å². The van der Waals surface area contributed by atoms with Crippen LogP contribution in [0.15, 0.2) is 54.6 Å². The fraction of sp³-hybridized carbons (Fsp3) is 0.296. The Bertz CT molecular complexity index is 1330. The molecule has 144 valence electrons. The molecule has 0 atom stereocenters. The lowest BCUT2D eigenvalue weighted by molar-refractivity contribution is -0.633. The van der Waals surface area contributed by atoms with Gasteiger partial charge >= 0.3 is 0 Å². The minimum absolute atomic E-state index is 0.594. The van der Waals surface area contributed by atoms with Gasteiger partial charge in [-0.1, -0.05) is 62.1 Å². The van der Waals surface area contributed by atoms with E-state index in [0.717, 1.165) is 34.5 Å². The number of fused-ring (bicyclic) bond motifs is 3. The van der Waals surface area contributed by atoms with E-state index < -0.39 is 0 Å². The molecular formula is C27H26NO+. The molecular weight excluding hydrogens is 354 g/mol.